The minimum atomic E-state index is -4.58. The molecule has 1 amide bonds. The van der Waals surface area contributed by atoms with E-state index >= 15 is 0 Å². The first-order chi connectivity index (χ1) is 16.0. The Morgan fingerprint density at radius 1 is 1.03 bits per heavy atom. The van der Waals surface area contributed by atoms with E-state index in [1.807, 2.05) is 26.0 Å². The van der Waals surface area contributed by atoms with Crippen LogP contribution in [0.15, 0.2) is 53.4 Å². The van der Waals surface area contributed by atoms with E-state index in [0.717, 1.165) is 30.9 Å². The Balaban J connectivity index is 1.71. The van der Waals surface area contributed by atoms with Crippen LogP contribution < -0.4 is 14.9 Å². The van der Waals surface area contributed by atoms with Gasteiger partial charge in [0.05, 0.1) is 23.7 Å². The topological polar surface area (TPSA) is 87.7 Å². The Morgan fingerprint density at radius 3 is 2.15 bits per heavy atom. The Bertz CT molecular complexity index is 1070. The van der Waals surface area contributed by atoms with Gasteiger partial charge in [-0.1, -0.05) is 13.8 Å². The van der Waals surface area contributed by atoms with Crippen LogP contribution in [0, 0.1) is 5.92 Å². The maximum absolute atomic E-state index is 12.9. The largest absolute Gasteiger partial charge is 0.416 e. The number of carbonyl (C=O) groups excluding carboxylic acids is 1. The Hall–Kier alpha value is -2.63. The molecule has 7 nitrogen and oxygen atoms in total. The first-order valence-corrected chi connectivity index (χ1v) is 12.4. The van der Waals surface area contributed by atoms with Crippen molar-refractivity contribution in [3.05, 3.63) is 54.1 Å². The Morgan fingerprint density at radius 2 is 1.62 bits per heavy atom. The number of morpholine rings is 1. The zero-order valence-electron chi connectivity index (χ0n) is 18.9. The number of carbonyl (C=O) groups is 1. The van der Waals surface area contributed by atoms with Gasteiger partial charge in [0, 0.05) is 24.5 Å². The number of hydrogen-bond acceptors (Lipinski definition) is 5. The van der Waals surface area contributed by atoms with Gasteiger partial charge in [0.25, 0.3) is 0 Å². The van der Waals surface area contributed by atoms with Crippen molar-refractivity contribution in [3.8, 4) is 0 Å². The van der Waals surface area contributed by atoms with Crippen molar-refractivity contribution in [1.82, 2.24) is 4.72 Å². The lowest BCUT2D eigenvalue weighted by molar-refractivity contribution is -0.137. The quantitative estimate of drug-likeness (QED) is 0.576. The number of rotatable bonds is 8. The second-order valence-corrected chi connectivity index (χ2v) is 10.2. The molecule has 1 saturated heterocycles. The van der Waals surface area contributed by atoms with Crippen LogP contribution in [-0.2, 0) is 25.7 Å². The van der Waals surface area contributed by atoms with Gasteiger partial charge < -0.3 is 15.0 Å². The average molecular weight is 500 g/mol. The van der Waals surface area contributed by atoms with Crippen LogP contribution in [0.25, 0.3) is 0 Å². The molecule has 2 aromatic rings. The lowest BCUT2D eigenvalue weighted by Gasteiger charge is -2.29. The normalized spacial score (nSPS) is 15.9. The molecule has 0 unspecified atom stereocenters. The van der Waals surface area contributed by atoms with Crippen molar-refractivity contribution in [3.63, 3.8) is 0 Å². The smallest absolute Gasteiger partial charge is 0.378 e. The SMILES string of the molecule is CC(C)C[C@H](NS(=O)(=O)c1ccc(C(F)(F)F)cc1)C(=O)Nc1ccc(N2CCOCC2)cc1. The van der Waals surface area contributed by atoms with Crippen molar-refractivity contribution in [1.29, 1.82) is 0 Å². The standard InChI is InChI=1S/C23H28F3N3O4S/c1-16(2)15-21(28-34(31,32)20-9-3-17(4-10-20)23(24,25)26)22(30)27-18-5-7-19(8-6-18)29-11-13-33-14-12-29/h3-10,16,21,28H,11-15H2,1-2H3,(H,27,30)/t21-/m0/s1. The maximum atomic E-state index is 12.9. The molecule has 0 bridgehead atoms. The van der Waals surface area contributed by atoms with Crippen molar-refractivity contribution >= 4 is 27.3 Å². The van der Waals surface area contributed by atoms with E-state index in [4.69, 9.17) is 4.74 Å². The summed E-state index contributed by atoms with van der Waals surface area (Å²) in [6.45, 7) is 6.51. The van der Waals surface area contributed by atoms with Gasteiger partial charge in [0.2, 0.25) is 15.9 Å². The predicted molar refractivity (Wildman–Crippen MR) is 123 cm³/mol. The number of benzene rings is 2. The maximum Gasteiger partial charge on any atom is 0.416 e. The number of sulfonamides is 1. The third-order valence-corrected chi connectivity index (χ3v) is 6.81. The van der Waals surface area contributed by atoms with Gasteiger partial charge >= 0.3 is 6.18 Å². The molecular weight excluding hydrogens is 471 g/mol. The summed E-state index contributed by atoms with van der Waals surface area (Å²) in [5.41, 5.74) is 0.538. The van der Waals surface area contributed by atoms with Gasteiger partial charge in [-0.05, 0) is 60.9 Å². The molecule has 0 saturated carbocycles. The molecule has 1 aliphatic heterocycles. The Kier molecular flexibility index (Phi) is 8.21. The monoisotopic (exact) mass is 499 g/mol. The summed E-state index contributed by atoms with van der Waals surface area (Å²) in [5, 5.41) is 2.72. The number of anilines is 2. The van der Waals surface area contributed by atoms with E-state index < -0.39 is 33.7 Å². The fourth-order valence-corrected chi connectivity index (χ4v) is 4.77. The third kappa shape index (κ3) is 6.94. The molecule has 1 atom stereocenters. The van der Waals surface area contributed by atoms with Crippen molar-refractivity contribution in [2.45, 2.75) is 37.4 Å². The highest BCUT2D eigenvalue weighted by atomic mass is 32.2. The first-order valence-electron chi connectivity index (χ1n) is 10.9. The van der Waals surface area contributed by atoms with Crippen LogP contribution >= 0.6 is 0 Å². The summed E-state index contributed by atoms with van der Waals surface area (Å²) in [6, 6.07) is 9.24. The molecule has 3 rings (SSSR count). The van der Waals surface area contributed by atoms with Crippen molar-refractivity contribution in [2.75, 3.05) is 36.5 Å². The average Bonchev–Trinajstić information content (AvgIpc) is 2.79. The molecule has 34 heavy (non-hydrogen) atoms. The second kappa shape index (κ2) is 10.7. The molecule has 0 radical (unpaired) electrons. The minimum absolute atomic E-state index is 0.0187. The molecule has 2 N–H and O–H groups in total. The van der Waals surface area contributed by atoms with Crippen LogP contribution in [0.4, 0.5) is 24.5 Å². The van der Waals surface area contributed by atoms with Gasteiger partial charge in [-0.25, -0.2) is 8.42 Å². The fourth-order valence-electron chi connectivity index (χ4n) is 3.56. The second-order valence-electron chi connectivity index (χ2n) is 8.46. The molecule has 2 aromatic carbocycles. The minimum Gasteiger partial charge on any atom is -0.378 e. The lowest BCUT2D eigenvalue weighted by atomic mass is 10.0. The number of ether oxygens (including phenoxy) is 1. The van der Waals surface area contributed by atoms with Gasteiger partial charge in [-0.2, -0.15) is 17.9 Å². The molecule has 0 aliphatic carbocycles. The molecule has 0 aromatic heterocycles. The third-order valence-electron chi connectivity index (χ3n) is 5.32. The number of alkyl halides is 3. The fraction of sp³-hybridized carbons (Fsp3) is 0.435. The molecule has 186 valence electrons. The summed E-state index contributed by atoms with van der Waals surface area (Å²) < 4.78 is 71.6. The summed E-state index contributed by atoms with van der Waals surface area (Å²) in [4.78, 5) is 14.7. The molecule has 1 fully saturated rings. The van der Waals surface area contributed by atoms with Gasteiger partial charge in [-0.15, -0.1) is 0 Å². The van der Waals surface area contributed by atoms with Crippen molar-refractivity contribution < 1.29 is 31.1 Å². The summed E-state index contributed by atoms with van der Waals surface area (Å²) >= 11 is 0. The molecule has 11 heteroatoms. The van der Waals surface area contributed by atoms with Crippen LogP contribution in [0.5, 0.6) is 0 Å². The van der Waals surface area contributed by atoms with Crippen LogP contribution in [0.2, 0.25) is 0 Å². The molecular formula is C23H28F3N3O4S. The lowest BCUT2D eigenvalue weighted by Crippen LogP contribution is -2.44. The highest BCUT2D eigenvalue weighted by Gasteiger charge is 2.31. The van der Waals surface area contributed by atoms with E-state index in [1.54, 1.807) is 12.1 Å². The summed E-state index contributed by atoms with van der Waals surface area (Å²) in [7, 11) is -4.22. The number of hydrogen-bond donors (Lipinski definition) is 2. The number of amides is 1. The van der Waals surface area contributed by atoms with Gasteiger partial charge in [-0.3, -0.25) is 4.79 Å². The van der Waals surface area contributed by atoms with E-state index in [9.17, 15) is 26.4 Å². The van der Waals surface area contributed by atoms with E-state index in [1.165, 1.54) is 0 Å². The van der Waals surface area contributed by atoms with Gasteiger partial charge in [0.15, 0.2) is 0 Å². The first kappa shape index (κ1) is 26.0. The number of nitrogens with one attached hydrogen (secondary N) is 2. The van der Waals surface area contributed by atoms with E-state index in [-0.39, 0.29) is 17.2 Å². The van der Waals surface area contributed by atoms with E-state index in [2.05, 4.69) is 14.9 Å². The number of halogens is 3. The summed E-state index contributed by atoms with van der Waals surface area (Å²) in [6.07, 6.45) is -4.37. The molecule has 1 heterocycles. The van der Waals surface area contributed by atoms with Gasteiger partial charge in [0.1, 0.15) is 6.04 Å². The van der Waals surface area contributed by atoms with Crippen LogP contribution in [0.3, 0.4) is 0 Å². The zero-order chi connectivity index (χ0) is 24.9. The van der Waals surface area contributed by atoms with E-state index in [0.29, 0.717) is 31.0 Å². The molecule has 0 spiro atoms. The summed E-state index contributed by atoms with van der Waals surface area (Å²) in [5.74, 6) is -0.571. The predicted octanol–water partition coefficient (Wildman–Crippen LogP) is 3.87. The highest BCUT2D eigenvalue weighted by molar-refractivity contribution is 7.89. The highest BCUT2D eigenvalue weighted by Crippen LogP contribution is 2.29. The molecule has 1 aliphatic rings. The van der Waals surface area contributed by atoms with Crippen LogP contribution in [0.1, 0.15) is 25.8 Å². The van der Waals surface area contributed by atoms with Crippen LogP contribution in [-0.4, -0.2) is 46.7 Å². The Labute approximate surface area is 197 Å². The van der Waals surface area contributed by atoms with Crippen molar-refractivity contribution in [2.24, 2.45) is 5.92 Å². The number of nitrogens with zero attached hydrogens (tertiary/aromatic N) is 1. The zero-order valence-corrected chi connectivity index (χ0v) is 19.7.